The average Bonchev–Trinajstić information content (AvgIpc) is 0.739. The molecule has 2 N–H and O–H groups in total. The summed E-state index contributed by atoms with van der Waals surface area (Å²) in [4.78, 5) is 0. The van der Waals surface area contributed by atoms with Gasteiger partial charge in [-0.2, -0.15) is 0 Å². The Balaban J connectivity index is 1.08. The van der Waals surface area contributed by atoms with E-state index in [0.29, 0.717) is 51.3 Å². The van der Waals surface area contributed by atoms with Crippen molar-refractivity contribution < 1.29 is 28.5 Å². The Kier molecular flexibility index (Phi) is 18.3. The van der Waals surface area contributed by atoms with Gasteiger partial charge in [0.15, 0.2) is 0 Å². The van der Waals surface area contributed by atoms with Crippen LogP contribution in [0, 0.1) is 22.5 Å². The van der Waals surface area contributed by atoms with Crippen LogP contribution in [0.15, 0.2) is 146 Å². The van der Waals surface area contributed by atoms with Crippen molar-refractivity contribution in [3.05, 3.63) is 191 Å². The topological polar surface area (TPSA) is 58.9 Å². The van der Waals surface area contributed by atoms with E-state index in [4.69, 9.17) is 9.47 Å². The molecule has 10 aromatic rings. The Labute approximate surface area is 567 Å². The molecule has 10 rings (SSSR count). The monoisotopic (exact) mass is 1280 g/mol. The summed E-state index contributed by atoms with van der Waals surface area (Å²) in [5.41, 5.74) is 10.4. The van der Waals surface area contributed by atoms with Gasteiger partial charge in [-0.15, -0.1) is 0 Å². The molecular formula is C89H106F2O4. The van der Waals surface area contributed by atoms with Crippen LogP contribution in [0.3, 0.4) is 0 Å². The van der Waals surface area contributed by atoms with Gasteiger partial charge in [0.2, 0.25) is 0 Å². The first-order chi connectivity index (χ1) is 43.8. The van der Waals surface area contributed by atoms with Gasteiger partial charge in [-0.1, -0.05) is 213 Å². The Morgan fingerprint density at radius 1 is 0.316 bits per heavy atom. The molecule has 0 radical (unpaired) electrons. The molecule has 500 valence electrons. The van der Waals surface area contributed by atoms with Crippen molar-refractivity contribution in [3.8, 4) is 67.5 Å². The number of fused-ring (bicyclic) bond motifs is 4. The largest absolute Gasteiger partial charge is 0.507 e. The molecule has 0 aliphatic carbocycles. The highest BCUT2D eigenvalue weighted by atomic mass is 19.1. The summed E-state index contributed by atoms with van der Waals surface area (Å²) in [7, 11) is 0. The van der Waals surface area contributed by atoms with Crippen LogP contribution in [-0.2, 0) is 32.5 Å². The minimum atomic E-state index is -0.506. The molecule has 0 fully saturated rings. The molecule has 4 nitrogen and oxygen atoms in total. The lowest BCUT2D eigenvalue weighted by molar-refractivity contribution is 0.131. The van der Waals surface area contributed by atoms with E-state index < -0.39 is 34.7 Å². The highest BCUT2D eigenvalue weighted by molar-refractivity contribution is 6.16. The Hall–Kier alpha value is -7.70. The maximum Gasteiger partial charge on any atom is 0.131 e. The standard InChI is InChI=1S/C89H106F2O4/c1-52(94-76-35-31-64(90)48-70(76)72-44-62(88(21,22)50-82(3,4)5)46-74(80(72)92)78-66-33-29-58(84(9,10)11)40-56(66)38-54-25-27-60(42-68(54)78)86(15,16)17)37-53(2)95-77-36-32-65(91)49-71(77)73-45-63(89(23,24)51-83(6,7)8)47-75(81(73)93)79-67-34-30-59(85(12,13)14)41-57(67)39-55-26-28-61(43-69(55)79)87(18,19)20/h25-36,38-49,52-53,92-93H,37,50-51H2,1-24H3/t52-,53+. The van der Waals surface area contributed by atoms with Gasteiger partial charge in [0.05, 0.1) is 12.2 Å². The number of aromatic hydroxyl groups is 2. The highest BCUT2D eigenvalue weighted by Crippen LogP contribution is 2.53. The summed E-state index contributed by atoms with van der Waals surface area (Å²) < 4.78 is 46.4. The van der Waals surface area contributed by atoms with Crippen molar-refractivity contribution in [1.82, 2.24) is 0 Å². The van der Waals surface area contributed by atoms with Gasteiger partial charge in [0, 0.05) is 50.9 Å². The molecule has 0 aromatic heterocycles. The van der Waals surface area contributed by atoms with Crippen molar-refractivity contribution in [3.63, 3.8) is 0 Å². The third kappa shape index (κ3) is 15.0. The minimum absolute atomic E-state index is 0.0362. The molecule has 0 aliphatic rings. The van der Waals surface area contributed by atoms with Crippen molar-refractivity contribution in [1.29, 1.82) is 0 Å². The van der Waals surface area contributed by atoms with Gasteiger partial charge in [-0.05, 0) is 231 Å². The second kappa shape index (κ2) is 24.7. The number of ether oxygens (including phenoxy) is 2. The zero-order valence-electron chi connectivity index (χ0n) is 61.6. The van der Waals surface area contributed by atoms with E-state index in [9.17, 15) is 10.2 Å². The fraction of sp³-hybridized carbons (Fsp3) is 0.416. The van der Waals surface area contributed by atoms with Gasteiger partial charge >= 0.3 is 0 Å². The molecule has 0 saturated heterocycles. The lowest BCUT2D eigenvalue weighted by Gasteiger charge is -2.34. The maximum atomic E-state index is 16.2. The first kappa shape index (κ1) is 70.1. The van der Waals surface area contributed by atoms with E-state index >= 15 is 8.78 Å². The summed E-state index contributed by atoms with van der Waals surface area (Å²) in [6.07, 6.45) is 1.02. The van der Waals surface area contributed by atoms with Crippen molar-refractivity contribution in [2.45, 2.75) is 230 Å². The predicted octanol–water partition coefficient (Wildman–Crippen LogP) is 25.9. The molecule has 0 unspecified atom stereocenters. The van der Waals surface area contributed by atoms with Crippen LogP contribution in [-0.4, -0.2) is 22.4 Å². The third-order valence-electron chi connectivity index (χ3n) is 19.4. The zero-order chi connectivity index (χ0) is 69.8. The molecular weight excluding hydrogens is 1170 g/mol. The zero-order valence-corrected chi connectivity index (χ0v) is 61.6. The summed E-state index contributed by atoms with van der Waals surface area (Å²) in [6, 6.07) is 48.9. The van der Waals surface area contributed by atoms with Crippen molar-refractivity contribution >= 4 is 43.1 Å². The number of hydrogen-bond donors (Lipinski definition) is 2. The lowest BCUT2D eigenvalue weighted by atomic mass is 9.71. The first-order valence-electron chi connectivity index (χ1n) is 34.5. The van der Waals surface area contributed by atoms with E-state index in [1.807, 2.05) is 26.0 Å². The fourth-order valence-corrected chi connectivity index (χ4v) is 15.0. The summed E-state index contributed by atoms with van der Waals surface area (Å²) in [6.45, 7) is 53.2. The van der Waals surface area contributed by atoms with Crippen molar-refractivity contribution in [2.75, 3.05) is 0 Å². The second-order valence-electron chi connectivity index (χ2n) is 35.7. The van der Waals surface area contributed by atoms with E-state index in [2.05, 4.69) is 249 Å². The quantitative estimate of drug-likeness (QED) is 0.107. The minimum Gasteiger partial charge on any atom is -0.507 e. The SMILES string of the molecule is C[C@H](C[C@H](C)Oc1ccc(F)cc1-c1cc(C(C)(C)CC(C)(C)C)cc(-c2c3ccc(C(C)(C)C)cc3cc3ccc(C(C)(C)C)cc23)c1O)Oc1ccc(F)cc1-c1cc(C(C)(C)CC(C)(C)C)cc(-c2c3ccc(C(C)(C)C)cc3cc3ccc(C(C)(C)C)cc23)c1O. The first-order valence-corrected chi connectivity index (χ1v) is 34.5. The van der Waals surface area contributed by atoms with E-state index in [1.54, 1.807) is 12.1 Å². The smallest absolute Gasteiger partial charge is 0.131 e. The Morgan fingerprint density at radius 3 is 0.958 bits per heavy atom. The summed E-state index contributed by atoms with van der Waals surface area (Å²) >= 11 is 0. The number of benzene rings is 10. The van der Waals surface area contributed by atoms with Crippen LogP contribution in [0.2, 0.25) is 0 Å². The van der Waals surface area contributed by atoms with Gasteiger partial charge in [-0.25, -0.2) is 8.78 Å². The molecule has 2 atom stereocenters. The van der Waals surface area contributed by atoms with Gasteiger partial charge in [0.25, 0.3) is 0 Å². The Morgan fingerprint density at radius 2 is 0.632 bits per heavy atom. The predicted molar refractivity (Wildman–Crippen MR) is 402 cm³/mol. The second-order valence-corrected chi connectivity index (χ2v) is 35.7. The molecule has 0 heterocycles. The third-order valence-corrected chi connectivity index (χ3v) is 19.4. The molecule has 0 aliphatic heterocycles. The van der Waals surface area contributed by atoms with Crippen molar-refractivity contribution in [2.24, 2.45) is 10.8 Å². The van der Waals surface area contributed by atoms with Crippen LogP contribution in [0.25, 0.3) is 87.6 Å². The van der Waals surface area contributed by atoms with Crippen LogP contribution >= 0.6 is 0 Å². The number of halogens is 2. The number of rotatable bonds is 14. The molecule has 0 saturated carbocycles. The van der Waals surface area contributed by atoms with Crippen LogP contribution in [0.1, 0.15) is 219 Å². The fourth-order valence-electron chi connectivity index (χ4n) is 15.0. The van der Waals surface area contributed by atoms with E-state index in [0.717, 1.165) is 78.2 Å². The molecule has 6 heteroatoms. The van der Waals surface area contributed by atoms with Crippen LogP contribution < -0.4 is 9.47 Å². The van der Waals surface area contributed by atoms with Gasteiger partial charge in [-0.3, -0.25) is 0 Å². The normalized spacial score (nSPS) is 13.9. The molecule has 0 spiro atoms. The van der Waals surface area contributed by atoms with Gasteiger partial charge in [0.1, 0.15) is 34.6 Å². The van der Waals surface area contributed by atoms with E-state index in [1.165, 1.54) is 46.5 Å². The number of phenols is 2. The summed E-state index contributed by atoms with van der Waals surface area (Å²) in [5, 5.41) is 34.9. The number of phenolic OH excluding ortho intramolecular Hbond substituents is 2. The lowest BCUT2D eigenvalue weighted by Crippen LogP contribution is -2.25. The number of hydrogen-bond acceptors (Lipinski definition) is 4. The maximum absolute atomic E-state index is 16.2. The Bertz CT molecular complexity index is 4300. The molecule has 0 bridgehead atoms. The van der Waals surface area contributed by atoms with Crippen LogP contribution in [0.4, 0.5) is 8.78 Å². The molecule has 0 amide bonds. The highest BCUT2D eigenvalue weighted by Gasteiger charge is 2.34. The van der Waals surface area contributed by atoms with E-state index in [-0.39, 0.29) is 44.0 Å². The van der Waals surface area contributed by atoms with Crippen LogP contribution in [0.5, 0.6) is 23.0 Å². The average molecular weight is 1280 g/mol. The van der Waals surface area contributed by atoms with Gasteiger partial charge < -0.3 is 19.7 Å². The molecule has 95 heavy (non-hydrogen) atoms. The summed E-state index contributed by atoms with van der Waals surface area (Å²) in [5.74, 6) is -0.0355. The molecule has 10 aromatic carbocycles.